The molecule has 18 heavy (non-hydrogen) atoms. The highest BCUT2D eigenvalue weighted by molar-refractivity contribution is 5.32. The van der Waals surface area contributed by atoms with E-state index < -0.39 is 0 Å². The molecule has 0 aliphatic heterocycles. The van der Waals surface area contributed by atoms with Gasteiger partial charge in [0.15, 0.2) is 0 Å². The lowest BCUT2D eigenvalue weighted by Gasteiger charge is -2.09. The first-order valence-electron chi connectivity index (χ1n) is 6.10. The van der Waals surface area contributed by atoms with E-state index in [1.165, 1.54) is 5.56 Å². The van der Waals surface area contributed by atoms with Gasteiger partial charge in [0, 0.05) is 44.5 Å². The zero-order chi connectivity index (χ0) is 12.8. The van der Waals surface area contributed by atoms with Gasteiger partial charge in [-0.2, -0.15) is 0 Å². The second-order valence-corrected chi connectivity index (χ2v) is 4.19. The van der Waals surface area contributed by atoms with Gasteiger partial charge in [-0.25, -0.2) is 4.98 Å². The predicted molar refractivity (Wildman–Crippen MR) is 71.6 cm³/mol. The first-order valence-corrected chi connectivity index (χ1v) is 6.10. The average molecular weight is 245 g/mol. The largest absolute Gasteiger partial charge is 0.496 e. The van der Waals surface area contributed by atoms with E-state index in [2.05, 4.69) is 16.4 Å². The number of benzene rings is 1. The molecule has 1 aromatic heterocycles. The zero-order valence-electron chi connectivity index (χ0n) is 10.9. The Kier molecular flexibility index (Phi) is 4.36. The molecule has 0 fully saturated rings. The van der Waals surface area contributed by atoms with Crippen molar-refractivity contribution in [3.63, 3.8) is 0 Å². The number of nitrogens with zero attached hydrogens (tertiary/aromatic N) is 2. The van der Waals surface area contributed by atoms with E-state index in [0.29, 0.717) is 0 Å². The van der Waals surface area contributed by atoms with Crippen molar-refractivity contribution in [2.24, 2.45) is 7.05 Å². The molecular formula is C14H19N3O. The number of rotatable bonds is 6. The maximum Gasteiger partial charge on any atom is 0.123 e. The van der Waals surface area contributed by atoms with Gasteiger partial charge in [0.05, 0.1) is 7.11 Å². The van der Waals surface area contributed by atoms with Crippen LogP contribution in [0.15, 0.2) is 36.7 Å². The molecule has 1 aromatic carbocycles. The van der Waals surface area contributed by atoms with Crippen LogP contribution in [0.1, 0.15) is 11.4 Å². The first-order chi connectivity index (χ1) is 8.81. The van der Waals surface area contributed by atoms with Crippen molar-refractivity contribution < 1.29 is 4.74 Å². The van der Waals surface area contributed by atoms with Crippen molar-refractivity contribution in [1.82, 2.24) is 14.9 Å². The highest BCUT2D eigenvalue weighted by atomic mass is 16.5. The SMILES string of the molecule is COc1ccccc1CNCCc1nccn1C. The third-order valence-electron chi connectivity index (χ3n) is 2.95. The monoisotopic (exact) mass is 245 g/mol. The fraction of sp³-hybridized carbons (Fsp3) is 0.357. The number of ether oxygens (including phenoxy) is 1. The van der Waals surface area contributed by atoms with Crippen LogP contribution in [0.2, 0.25) is 0 Å². The number of para-hydroxylation sites is 1. The summed E-state index contributed by atoms with van der Waals surface area (Å²) in [5.41, 5.74) is 1.18. The van der Waals surface area contributed by atoms with Gasteiger partial charge in [0.1, 0.15) is 11.6 Å². The van der Waals surface area contributed by atoms with E-state index in [9.17, 15) is 0 Å². The molecule has 4 nitrogen and oxygen atoms in total. The Morgan fingerprint density at radius 1 is 1.33 bits per heavy atom. The highest BCUT2D eigenvalue weighted by Gasteiger charge is 2.02. The lowest BCUT2D eigenvalue weighted by Crippen LogP contribution is -2.18. The topological polar surface area (TPSA) is 39.1 Å². The molecule has 0 aliphatic carbocycles. The molecule has 0 saturated heterocycles. The number of nitrogens with one attached hydrogen (secondary N) is 1. The van der Waals surface area contributed by atoms with E-state index in [-0.39, 0.29) is 0 Å². The third kappa shape index (κ3) is 3.11. The van der Waals surface area contributed by atoms with Crippen molar-refractivity contribution in [2.75, 3.05) is 13.7 Å². The number of imidazole rings is 1. The third-order valence-corrected chi connectivity index (χ3v) is 2.95. The van der Waals surface area contributed by atoms with Crippen molar-refractivity contribution in [2.45, 2.75) is 13.0 Å². The van der Waals surface area contributed by atoms with Crippen LogP contribution in [0.4, 0.5) is 0 Å². The molecular weight excluding hydrogens is 226 g/mol. The Morgan fingerprint density at radius 3 is 2.89 bits per heavy atom. The molecule has 96 valence electrons. The van der Waals surface area contributed by atoms with Crippen LogP contribution in [-0.4, -0.2) is 23.2 Å². The first kappa shape index (κ1) is 12.6. The normalized spacial score (nSPS) is 10.6. The standard InChI is InChI=1S/C14H19N3O/c1-17-10-9-16-14(17)7-8-15-11-12-5-3-4-6-13(12)18-2/h3-6,9-10,15H,7-8,11H2,1-2H3. The molecule has 2 rings (SSSR count). The van der Waals surface area contributed by atoms with Gasteiger partial charge in [-0.3, -0.25) is 0 Å². The average Bonchev–Trinajstić information content (AvgIpc) is 2.81. The summed E-state index contributed by atoms with van der Waals surface area (Å²) in [7, 11) is 3.72. The fourth-order valence-corrected chi connectivity index (χ4v) is 1.91. The second kappa shape index (κ2) is 6.21. The van der Waals surface area contributed by atoms with Crippen molar-refractivity contribution >= 4 is 0 Å². The molecule has 0 radical (unpaired) electrons. The van der Waals surface area contributed by atoms with E-state index in [0.717, 1.165) is 31.1 Å². The van der Waals surface area contributed by atoms with Gasteiger partial charge < -0.3 is 14.6 Å². The number of aryl methyl sites for hydroxylation is 1. The van der Waals surface area contributed by atoms with Crippen LogP contribution in [0.25, 0.3) is 0 Å². The Hall–Kier alpha value is -1.81. The van der Waals surface area contributed by atoms with Gasteiger partial charge >= 0.3 is 0 Å². The number of hydrogen-bond donors (Lipinski definition) is 1. The molecule has 1 heterocycles. The highest BCUT2D eigenvalue weighted by Crippen LogP contribution is 2.16. The van der Waals surface area contributed by atoms with Crippen LogP contribution in [0.5, 0.6) is 5.75 Å². The molecule has 0 amide bonds. The predicted octanol–water partition coefficient (Wildman–Crippen LogP) is 1.76. The summed E-state index contributed by atoms with van der Waals surface area (Å²) in [6.07, 6.45) is 4.73. The Balaban J connectivity index is 1.80. The number of methoxy groups -OCH3 is 1. The summed E-state index contributed by atoms with van der Waals surface area (Å²) in [4.78, 5) is 4.29. The molecule has 0 unspecified atom stereocenters. The smallest absolute Gasteiger partial charge is 0.123 e. The Labute approximate surface area is 108 Å². The van der Waals surface area contributed by atoms with Gasteiger partial charge in [-0.05, 0) is 6.07 Å². The minimum atomic E-state index is 0.814. The summed E-state index contributed by atoms with van der Waals surface area (Å²) in [6, 6.07) is 8.07. The molecule has 0 aliphatic rings. The zero-order valence-corrected chi connectivity index (χ0v) is 10.9. The minimum Gasteiger partial charge on any atom is -0.496 e. The van der Waals surface area contributed by atoms with Crippen molar-refractivity contribution in [3.8, 4) is 5.75 Å². The summed E-state index contributed by atoms with van der Waals surface area (Å²) < 4.78 is 7.36. The quantitative estimate of drug-likeness (QED) is 0.788. The van der Waals surface area contributed by atoms with E-state index in [1.54, 1.807) is 7.11 Å². The molecule has 4 heteroatoms. The van der Waals surface area contributed by atoms with Gasteiger partial charge in [0.25, 0.3) is 0 Å². The second-order valence-electron chi connectivity index (χ2n) is 4.19. The fourth-order valence-electron chi connectivity index (χ4n) is 1.91. The van der Waals surface area contributed by atoms with Gasteiger partial charge in [-0.1, -0.05) is 18.2 Å². The van der Waals surface area contributed by atoms with Crippen LogP contribution < -0.4 is 10.1 Å². The molecule has 0 spiro atoms. The van der Waals surface area contributed by atoms with E-state index in [4.69, 9.17) is 4.74 Å². The van der Waals surface area contributed by atoms with Crippen molar-refractivity contribution in [1.29, 1.82) is 0 Å². The lowest BCUT2D eigenvalue weighted by molar-refractivity contribution is 0.407. The minimum absolute atomic E-state index is 0.814. The van der Waals surface area contributed by atoms with Crippen molar-refractivity contribution in [3.05, 3.63) is 48.0 Å². The van der Waals surface area contributed by atoms with Crippen LogP contribution in [0, 0.1) is 0 Å². The Bertz CT molecular complexity index is 493. The molecule has 0 saturated carbocycles. The summed E-state index contributed by atoms with van der Waals surface area (Å²) in [5.74, 6) is 2.03. The summed E-state index contributed by atoms with van der Waals surface area (Å²) >= 11 is 0. The number of aromatic nitrogens is 2. The molecule has 1 N–H and O–H groups in total. The molecule has 0 bridgehead atoms. The maximum absolute atomic E-state index is 5.31. The van der Waals surface area contributed by atoms with Crippen LogP contribution in [0.3, 0.4) is 0 Å². The maximum atomic E-state index is 5.31. The molecule has 2 aromatic rings. The lowest BCUT2D eigenvalue weighted by atomic mass is 10.2. The number of hydrogen-bond acceptors (Lipinski definition) is 3. The molecule has 0 atom stereocenters. The summed E-state index contributed by atoms with van der Waals surface area (Å²) in [6.45, 7) is 1.72. The van der Waals surface area contributed by atoms with Gasteiger partial charge in [0.2, 0.25) is 0 Å². The van der Waals surface area contributed by atoms with E-state index >= 15 is 0 Å². The Morgan fingerprint density at radius 2 is 2.17 bits per heavy atom. The van der Waals surface area contributed by atoms with Gasteiger partial charge in [-0.15, -0.1) is 0 Å². The van der Waals surface area contributed by atoms with E-state index in [1.807, 2.05) is 42.2 Å². The van der Waals surface area contributed by atoms with Crippen LogP contribution in [-0.2, 0) is 20.0 Å². The summed E-state index contributed by atoms with van der Waals surface area (Å²) in [5, 5.41) is 3.41. The van der Waals surface area contributed by atoms with Crippen LogP contribution >= 0.6 is 0 Å².